The number of anilines is 2. The van der Waals surface area contributed by atoms with Gasteiger partial charge >= 0.3 is 0 Å². The molecule has 0 saturated carbocycles. The standard InChI is InChI=1S/C13H13ClN2O2/c1-4-11(17)16-10-7-8(14)5-6-9(10)15-12(18)13(16,2)3/h4-7H,1H2,2-3H3,(H,15,18). The molecular formula is C13H13ClN2O2. The van der Waals surface area contributed by atoms with Crippen molar-refractivity contribution in [1.82, 2.24) is 0 Å². The molecule has 1 aliphatic rings. The summed E-state index contributed by atoms with van der Waals surface area (Å²) in [5.74, 6) is -0.578. The number of nitrogens with one attached hydrogen (secondary N) is 1. The Balaban J connectivity index is 2.66. The van der Waals surface area contributed by atoms with Gasteiger partial charge in [-0.25, -0.2) is 0 Å². The number of hydrogen-bond donors (Lipinski definition) is 1. The van der Waals surface area contributed by atoms with Crippen LogP contribution in [0.4, 0.5) is 11.4 Å². The first-order chi connectivity index (χ1) is 8.37. The van der Waals surface area contributed by atoms with Crippen LogP contribution in [-0.4, -0.2) is 17.4 Å². The van der Waals surface area contributed by atoms with Gasteiger partial charge in [-0.05, 0) is 38.1 Å². The molecule has 0 fully saturated rings. The lowest BCUT2D eigenvalue weighted by molar-refractivity contribution is -0.124. The fraction of sp³-hybridized carbons (Fsp3) is 0.231. The molecule has 0 bridgehead atoms. The van der Waals surface area contributed by atoms with E-state index in [4.69, 9.17) is 11.6 Å². The van der Waals surface area contributed by atoms with Crippen LogP contribution in [0.2, 0.25) is 5.02 Å². The van der Waals surface area contributed by atoms with Crippen molar-refractivity contribution in [2.75, 3.05) is 10.2 Å². The Labute approximate surface area is 110 Å². The number of hydrogen-bond acceptors (Lipinski definition) is 2. The largest absolute Gasteiger partial charge is 0.322 e. The Morgan fingerprint density at radius 1 is 1.50 bits per heavy atom. The molecule has 0 spiro atoms. The molecule has 0 unspecified atom stereocenters. The van der Waals surface area contributed by atoms with Crippen molar-refractivity contribution in [3.63, 3.8) is 0 Å². The Hall–Kier alpha value is -1.81. The third-order valence-corrected chi connectivity index (χ3v) is 3.19. The summed E-state index contributed by atoms with van der Waals surface area (Å²) in [6, 6.07) is 4.99. The summed E-state index contributed by atoms with van der Waals surface area (Å²) in [6.45, 7) is 6.81. The topological polar surface area (TPSA) is 49.4 Å². The Morgan fingerprint density at radius 3 is 2.78 bits per heavy atom. The van der Waals surface area contributed by atoms with Crippen molar-refractivity contribution in [3.8, 4) is 0 Å². The van der Waals surface area contributed by atoms with Gasteiger partial charge in [0, 0.05) is 5.02 Å². The zero-order valence-corrected chi connectivity index (χ0v) is 10.9. The molecule has 5 heteroatoms. The first-order valence-electron chi connectivity index (χ1n) is 5.45. The number of nitrogens with zero attached hydrogens (tertiary/aromatic N) is 1. The predicted molar refractivity (Wildman–Crippen MR) is 71.8 cm³/mol. The summed E-state index contributed by atoms with van der Waals surface area (Å²) in [5, 5.41) is 3.26. The maximum atomic E-state index is 12.0. The second-order valence-electron chi connectivity index (χ2n) is 4.55. The quantitative estimate of drug-likeness (QED) is 0.793. The number of rotatable bonds is 1. The van der Waals surface area contributed by atoms with Crippen molar-refractivity contribution in [1.29, 1.82) is 0 Å². The third-order valence-electron chi connectivity index (χ3n) is 2.96. The van der Waals surface area contributed by atoms with Gasteiger partial charge in [-0.2, -0.15) is 0 Å². The van der Waals surface area contributed by atoms with Gasteiger partial charge in [0.2, 0.25) is 5.91 Å². The average molecular weight is 265 g/mol. The predicted octanol–water partition coefficient (Wildman–Crippen LogP) is 2.59. The van der Waals surface area contributed by atoms with Crippen LogP contribution in [0.1, 0.15) is 13.8 Å². The molecule has 0 radical (unpaired) electrons. The van der Waals surface area contributed by atoms with E-state index in [9.17, 15) is 9.59 Å². The first kappa shape index (κ1) is 12.6. The Kier molecular flexibility index (Phi) is 2.91. The number of carbonyl (C=O) groups excluding carboxylic acids is 2. The van der Waals surface area contributed by atoms with E-state index in [0.29, 0.717) is 16.4 Å². The zero-order valence-electron chi connectivity index (χ0n) is 10.2. The molecule has 0 aliphatic carbocycles. The molecule has 0 atom stereocenters. The summed E-state index contributed by atoms with van der Waals surface area (Å²) < 4.78 is 0. The highest BCUT2D eigenvalue weighted by Crippen LogP contribution is 2.38. The summed E-state index contributed by atoms with van der Waals surface area (Å²) in [4.78, 5) is 25.4. The van der Waals surface area contributed by atoms with Crippen molar-refractivity contribution in [2.45, 2.75) is 19.4 Å². The first-order valence-corrected chi connectivity index (χ1v) is 5.83. The van der Waals surface area contributed by atoms with E-state index >= 15 is 0 Å². The fourth-order valence-corrected chi connectivity index (χ4v) is 2.13. The van der Waals surface area contributed by atoms with Gasteiger partial charge in [0.05, 0.1) is 11.4 Å². The molecule has 0 aromatic heterocycles. The molecule has 1 aromatic rings. The number of carbonyl (C=O) groups is 2. The summed E-state index contributed by atoms with van der Waals surface area (Å²) in [5.41, 5.74) is 0.166. The van der Waals surface area contributed by atoms with Crippen molar-refractivity contribution < 1.29 is 9.59 Å². The van der Waals surface area contributed by atoms with E-state index in [1.165, 1.54) is 11.0 Å². The van der Waals surface area contributed by atoms with E-state index < -0.39 is 5.54 Å². The molecular weight excluding hydrogens is 252 g/mol. The minimum absolute atomic E-state index is 0.243. The summed E-state index contributed by atoms with van der Waals surface area (Å²) >= 11 is 5.94. The van der Waals surface area contributed by atoms with Gasteiger partial charge < -0.3 is 5.32 Å². The molecule has 2 rings (SSSR count). The fourth-order valence-electron chi connectivity index (χ4n) is 1.96. The van der Waals surface area contributed by atoms with Crippen LogP contribution in [0, 0.1) is 0 Å². The van der Waals surface area contributed by atoms with Gasteiger partial charge in [0.25, 0.3) is 5.91 Å². The second-order valence-corrected chi connectivity index (χ2v) is 4.99. The molecule has 94 valence electrons. The van der Waals surface area contributed by atoms with Crippen molar-refractivity contribution in [3.05, 3.63) is 35.9 Å². The van der Waals surface area contributed by atoms with Gasteiger partial charge in [-0.15, -0.1) is 0 Å². The van der Waals surface area contributed by atoms with E-state index in [-0.39, 0.29) is 11.8 Å². The lowest BCUT2D eigenvalue weighted by Gasteiger charge is -2.41. The van der Waals surface area contributed by atoms with Crippen LogP contribution in [-0.2, 0) is 9.59 Å². The zero-order chi connectivity index (χ0) is 13.5. The molecule has 0 saturated heterocycles. The maximum Gasteiger partial charge on any atom is 0.251 e. The van der Waals surface area contributed by atoms with Crippen molar-refractivity contribution in [2.24, 2.45) is 0 Å². The number of amides is 2. The maximum absolute atomic E-state index is 12.0. The van der Waals surface area contributed by atoms with E-state index in [2.05, 4.69) is 11.9 Å². The molecule has 2 amide bonds. The third kappa shape index (κ3) is 1.78. The molecule has 4 nitrogen and oxygen atoms in total. The summed E-state index contributed by atoms with van der Waals surface area (Å²) in [7, 11) is 0. The van der Waals surface area contributed by atoms with Gasteiger partial charge in [0.15, 0.2) is 0 Å². The van der Waals surface area contributed by atoms with Crippen LogP contribution in [0.25, 0.3) is 0 Å². The van der Waals surface area contributed by atoms with E-state index in [1.54, 1.807) is 32.0 Å². The van der Waals surface area contributed by atoms with Crippen LogP contribution in [0.3, 0.4) is 0 Å². The lowest BCUT2D eigenvalue weighted by Crippen LogP contribution is -2.58. The molecule has 1 aromatic carbocycles. The van der Waals surface area contributed by atoms with Crippen LogP contribution in [0.5, 0.6) is 0 Å². The van der Waals surface area contributed by atoms with Crippen LogP contribution >= 0.6 is 11.6 Å². The van der Waals surface area contributed by atoms with Crippen LogP contribution in [0.15, 0.2) is 30.9 Å². The smallest absolute Gasteiger partial charge is 0.251 e. The number of halogens is 1. The van der Waals surface area contributed by atoms with E-state index in [1.807, 2.05) is 0 Å². The molecule has 18 heavy (non-hydrogen) atoms. The minimum Gasteiger partial charge on any atom is -0.322 e. The SMILES string of the molecule is C=CC(=O)N1c2cc(Cl)ccc2NC(=O)C1(C)C. The Morgan fingerprint density at radius 2 is 2.17 bits per heavy atom. The normalized spacial score (nSPS) is 16.8. The Bertz CT molecular complexity index is 552. The molecule has 1 aliphatic heterocycles. The second kappa shape index (κ2) is 4.14. The van der Waals surface area contributed by atoms with Crippen molar-refractivity contribution >= 4 is 34.8 Å². The van der Waals surface area contributed by atoms with Crippen LogP contribution < -0.4 is 10.2 Å². The lowest BCUT2D eigenvalue weighted by atomic mass is 9.96. The highest BCUT2D eigenvalue weighted by atomic mass is 35.5. The average Bonchev–Trinajstić information content (AvgIpc) is 2.30. The minimum atomic E-state index is -0.983. The number of benzene rings is 1. The molecule has 1 N–H and O–H groups in total. The van der Waals surface area contributed by atoms with Gasteiger partial charge in [-0.3, -0.25) is 14.5 Å². The number of fused-ring (bicyclic) bond motifs is 1. The molecule has 1 heterocycles. The monoisotopic (exact) mass is 264 g/mol. The highest BCUT2D eigenvalue weighted by Gasteiger charge is 2.42. The highest BCUT2D eigenvalue weighted by molar-refractivity contribution is 6.31. The van der Waals surface area contributed by atoms with Gasteiger partial charge in [-0.1, -0.05) is 18.2 Å². The van der Waals surface area contributed by atoms with Gasteiger partial charge in [0.1, 0.15) is 5.54 Å². The summed E-state index contributed by atoms with van der Waals surface area (Å²) in [6.07, 6.45) is 1.19. The van der Waals surface area contributed by atoms with E-state index in [0.717, 1.165) is 0 Å².